The minimum absolute atomic E-state index is 0.151. The molecule has 2 rings (SSSR count). The van der Waals surface area contributed by atoms with Crippen LogP contribution in [-0.2, 0) is 0 Å². The second-order valence-electron chi connectivity index (χ2n) is 4.40. The number of hydrogen-bond acceptors (Lipinski definition) is 2. The summed E-state index contributed by atoms with van der Waals surface area (Å²) in [7, 11) is 1.69. The third-order valence-electron chi connectivity index (χ3n) is 2.88. The van der Waals surface area contributed by atoms with Crippen LogP contribution in [0, 0.1) is 5.82 Å². The van der Waals surface area contributed by atoms with Crippen LogP contribution in [0.15, 0.2) is 54.6 Å². The van der Waals surface area contributed by atoms with Crippen molar-refractivity contribution < 1.29 is 13.9 Å². The van der Waals surface area contributed by atoms with Gasteiger partial charge >= 0.3 is 0 Å². The zero-order valence-electron chi connectivity index (χ0n) is 11.3. The van der Waals surface area contributed by atoms with E-state index in [4.69, 9.17) is 4.74 Å². The van der Waals surface area contributed by atoms with Gasteiger partial charge in [0.2, 0.25) is 0 Å². The van der Waals surface area contributed by atoms with Crippen molar-refractivity contribution in [2.75, 3.05) is 20.2 Å². The topological polar surface area (TPSA) is 29.5 Å². The van der Waals surface area contributed by atoms with Crippen LogP contribution in [0.4, 0.5) is 4.39 Å². The summed E-state index contributed by atoms with van der Waals surface area (Å²) in [5, 5.41) is 0. The van der Waals surface area contributed by atoms with Crippen LogP contribution < -0.4 is 4.74 Å². The molecule has 0 fully saturated rings. The van der Waals surface area contributed by atoms with E-state index in [0.717, 1.165) is 5.75 Å². The van der Waals surface area contributed by atoms with Gasteiger partial charge < -0.3 is 9.64 Å². The molecule has 0 spiro atoms. The van der Waals surface area contributed by atoms with Gasteiger partial charge in [-0.2, -0.15) is 0 Å². The van der Waals surface area contributed by atoms with Gasteiger partial charge in [-0.25, -0.2) is 4.39 Å². The fraction of sp³-hybridized carbons (Fsp3) is 0.188. The highest BCUT2D eigenvalue weighted by molar-refractivity contribution is 5.93. The number of amides is 1. The highest BCUT2D eigenvalue weighted by Crippen LogP contribution is 2.09. The van der Waals surface area contributed by atoms with Gasteiger partial charge in [0.15, 0.2) is 0 Å². The predicted molar refractivity (Wildman–Crippen MR) is 75.3 cm³/mol. The van der Waals surface area contributed by atoms with E-state index in [-0.39, 0.29) is 11.7 Å². The van der Waals surface area contributed by atoms with Crippen molar-refractivity contribution in [3.63, 3.8) is 0 Å². The number of halogens is 1. The van der Waals surface area contributed by atoms with Crippen molar-refractivity contribution >= 4 is 5.91 Å². The summed E-state index contributed by atoms with van der Waals surface area (Å²) >= 11 is 0. The van der Waals surface area contributed by atoms with Gasteiger partial charge in [0.05, 0.1) is 6.54 Å². The van der Waals surface area contributed by atoms with Crippen molar-refractivity contribution in [1.82, 2.24) is 4.90 Å². The summed E-state index contributed by atoms with van der Waals surface area (Å²) in [5.74, 6) is 0.272. The first-order chi connectivity index (χ1) is 9.66. The summed E-state index contributed by atoms with van der Waals surface area (Å²) in [6, 6.07) is 14.9. The Kier molecular flexibility index (Phi) is 4.71. The Hall–Kier alpha value is -2.36. The van der Waals surface area contributed by atoms with E-state index in [9.17, 15) is 9.18 Å². The molecule has 4 heteroatoms. The molecule has 0 unspecified atom stereocenters. The molecule has 0 radical (unpaired) electrons. The second kappa shape index (κ2) is 6.70. The molecule has 2 aromatic rings. The fourth-order valence-electron chi connectivity index (χ4n) is 1.73. The lowest BCUT2D eigenvalue weighted by Gasteiger charge is -2.17. The van der Waals surface area contributed by atoms with Crippen LogP contribution in [0.1, 0.15) is 10.4 Å². The van der Waals surface area contributed by atoms with E-state index in [0.29, 0.717) is 18.7 Å². The molecular weight excluding hydrogens is 257 g/mol. The molecule has 0 atom stereocenters. The summed E-state index contributed by atoms with van der Waals surface area (Å²) in [6.07, 6.45) is 0. The number of likely N-dealkylation sites (N-methyl/N-ethyl adjacent to an activating group) is 1. The number of carbonyl (C=O) groups excluding carboxylic acids is 1. The first-order valence-electron chi connectivity index (χ1n) is 6.36. The first kappa shape index (κ1) is 14.1. The number of hydrogen-bond donors (Lipinski definition) is 0. The molecule has 0 saturated carbocycles. The van der Waals surface area contributed by atoms with Crippen molar-refractivity contribution in [2.24, 2.45) is 0 Å². The maximum Gasteiger partial charge on any atom is 0.253 e. The minimum Gasteiger partial charge on any atom is -0.492 e. The average molecular weight is 273 g/mol. The molecule has 2 aromatic carbocycles. The summed E-state index contributed by atoms with van der Waals surface area (Å²) < 4.78 is 18.3. The Bertz CT molecular complexity index is 554. The van der Waals surface area contributed by atoms with Crippen molar-refractivity contribution in [2.45, 2.75) is 0 Å². The third-order valence-corrected chi connectivity index (χ3v) is 2.88. The predicted octanol–water partition coefficient (Wildman–Crippen LogP) is 2.98. The normalized spacial score (nSPS) is 10.1. The Morgan fingerprint density at radius 3 is 2.40 bits per heavy atom. The highest BCUT2D eigenvalue weighted by Gasteiger charge is 2.11. The van der Waals surface area contributed by atoms with Crippen molar-refractivity contribution in [3.8, 4) is 5.75 Å². The van der Waals surface area contributed by atoms with Gasteiger partial charge in [-0.05, 0) is 36.4 Å². The molecule has 0 aliphatic heterocycles. The Balaban J connectivity index is 1.84. The van der Waals surface area contributed by atoms with E-state index in [2.05, 4.69) is 0 Å². The molecule has 104 valence electrons. The number of carbonyl (C=O) groups is 1. The number of rotatable bonds is 5. The SMILES string of the molecule is CN(CCOc1ccccc1)C(=O)c1ccc(F)cc1. The fourth-order valence-corrected chi connectivity index (χ4v) is 1.73. The average Bonchev–Trinajstić information content (AvgIpc) is 2.48. The Morgan fingerprint density at radius 1 is 1.10 bits per heavy atom. The van der Waals surface area contributed by atoms with Gasteiger partial charge in [-0.1, -0.05) is 18.2 Å². The lowest BCUT2D eigenvalue weighted by atomic mass is 10.2. The monoisotopic (exact) mass is 273 g/mol. The molecule has 0 saturated heterocycles. The van der Waals surface area contributed by atoms with Gasteiger partial charge in [0.25, 0.3) is 5.91 Å². The maximum absolute atomic E-state index is 12.8. The van der Waals surface area contributed by atoms with Crippen molar-refractivity contribution in [1.29, 1.82) is 0 Å². The maximum atomic E-state index is 12.8. The van der Waals surface area contributed by atoms with Crippen LogP contribution in [-0.4, -0.2) is 31.0 Å². The molecule has 0 aliphatic rings. The number of para-hydroxylation sites is 1. The molecule has 3 nitrogen and oxygen atoms in total. The Labute approximate surface area is 117 Å². The Morgan fingerprint density at radius 2 is 1.75 bits per heavy atom. The van der Waals surface area contributed by atoms with Gasteiger partial charge in [0, 0.05) is 12.6 Å². The zero-order valence-corrected chi connectivity index (χ0v) is 11.3. The van der Waals surface area contributed by atoms with Crippen LogP contribution in [0.25, 0.3) is 0 Å². The van der Waals surface area contributed by atoms with Crippen LogP contribution >= 0.6 is 0 Å². The summed E-state index contributed by atoms with van der Waals surface area (Å²) in [5.41, 5.74) is 0.466. The third kappa shape index (κ3) is 3.82. The number of benzene rings is 2. The van der Waals surface area contributed by atoms with Crippen LogP contribution in [0.2, 0.25) is 0 Å². The lowest BCUT2D eigenvalue weighted by molar-refractivity contribution is 0.0773. The lowest BCUT2D eigenvalue weighted by Crippen LogP contribution is -2.30. The molecular formula is C16H16FNO2. The smallest absolute Gasteiger partial charge is 0.253 e. The second-order valence-corrected chi connectivity index (χ2v) is 4.40. The quantitative estimate of drug-likeness (QED) is 0.838. The summed E-state index contributed by atoms with van der Waals surface area (Å²) in [6.45, 7) is 0.874. The first-order valence-corrected chi connectivity index (χ1v) is 6.36. The molecule has 0 bridgehead atoms. The van der Waals surface area contributed by atoms with E-state index in [1.807, 2.05) is 30.3 Å². The molecule has 0 N–H and O–H groups in total. The van der Waals surface area contributed by atoms with E-state index >= 15 is 0 Å². The number of nitrogens with zero attached hydrogens (tertiary/aromatic N) is 1. The van der Waals surface area contributed by atoms with E-state index < -0.39 is 0 Å². The molecule has 0 aromatic heterocycles. The molecule has 20 heavy (non-hydrogen) atoms. The van der Waals surface area contributed by atoms with Gasteiger partial charge in [-0.15, -0.1) is 0 Å². The number of ether oxygens (including phenoxy) is 1. The standard InChI is InChI=1S/C16H16FNO2/c1-18(11-12-20-15-5-3-2-4-6-15)16(19)13-7-9-14(17)10-8-13/h2-10H,11-12H2,1H3. The van der Waals surface area contributed by atoms with E-state index in [1.54, 1.807) is 11.9 Å². The largest absolute Gasteiger partial charge is 0.492 e. The van der Waals surface area contributed by atoms with Crippen LogP contribution in [0.5, 0.6) is 5.75 Å². The van der Waals surface area contributed by atoms with E-state index in [1.165, 1.54) is 24.3 Å². The van der Waals surface area contributed by atoms with Crippen LogP contribution in [0.3, 0.4) is 0 Å². The zero-order chi connectivity index (χ0) is 14.4. The van der Waals surface area contributed by atoms with Gasteiger partial charge in [-0.3, -0.25) is 4.79 Å². The molecule has 0 aliphatic carbocycles. The summed E-state index contributed by atoms with van der Waals surface area (Å²) in [4.78, 5) is 13.6. The van der Waals surface area contributed by atoms with Gasteiger partial charge in [0.1, 0.15) is 18.2 Å². The minimum atomic E-state index is -0.350. The van der Waals surface area contributed by atoms with Crippen molar-refractivity contribution in [3.05, 3.63) is 66.0 Å². The molecule has 1 amide bonds. The molecule has 0 heterocycles. The highest BCUT2D eigenvalue weighted by atomic mass is 19.1.